The van der Waals surface area contributed by atoms with E-state index >= 15 is 0 Å². The van der Waals surface area contributed by atoms with Crippen molar-refractivity contribution < 1.29 is 18.7 Å². The Morgan fingerprint density at radius 1 is 1.30 bits per heavy atom. The zero-order valence-corrected chi connectivity index (χ0v) is 14.5. The van der Waals surface area contributed by atoms with Crippen molar-refractivity contribution in [2.24, 2.45) is 5.92 Å². The van der Waals surface area contributed by atoms with Crippen LogP contribution in [0.2, 0.25) is 0 Å². The first-order valence-corrected chi connectivity index (χ1v) is 8.52. The number of hydrogen-bond donors (Lipinski definition) is 0. The van der Waals surface area contributed by atoms with E-state index in [1.807, 2.05) is 32.0 Å². The molecule has 1 aliphatic carbocycles. The topological polar surface area (TPSA) is 48.7 Å². The van der Waals surface area contributed by atoms with Crippen molar-refractivity contribution in [1.29, 1.82) is 0 Å². The van der Waals surface area contributed by atoms with Crippen molar-refractivity contribution in [3.63, 3.8) is 0 Å². The van der Waals surface area contributed by atoms with E-state index in [-0.39, 0.29) is 5.97 Å². The van der Waals surface area contributed by atoms with Gasteiger partial charge in [-0.25, -0.2) is 4.79 Å². The van der Waals surface area contributed by atoms with Crippen molar-refractivity contribution in [1.82, 2.24) is 0 Å². The molecule has 0 spiro atoms. The third-order valence-electron chi connectivity index (χ3n) is 4.03. The van der Waals surface area contributed by atoms with E-state index in [9.17, 15) is 4.79 Å². The third kappa shape index (κ3) is 3.87. The molecule has 0 N–H and O–H groups in total. The molecule has 1 aromatic heterocycles. The van der Waals surface area contributed by atoms with Crippen LogP contribution >= 0.6 is 0 Å². The monoisotopic (exact) mass is 318 g/mol. The lowest BCUT2D eigenvalue weighted by atomic mass is 9.86. The summed E-state index contributed by atoms with van der Waals surface area (Å²) in [6.45, 7) is 8.67. The summed E-state index contributed by atoms with van der Waals surface area (Å²) in [6.07, 6.45) is 3.81. The fourth-order valence-corrected chi connectivity index (χ4v) is 2.62. The molecule has 1 aromatic carbocycles. The molecule has 0 bridgehead atoms. The molecule has 4 nitrogen and oxygen atoms in total. The molecule has 3 rings (SSSR count). The van der Waals surface area contributed by atoms with Crippen LogP contribution in [0, 0.1) is 12.8 Å². The van der Waals surface area contributed by atoms with Crippen LogP contribution in [0.1, 0.15) is 56.2 Å². The summed E-state index contributed by atoms with van der Waals surface area (Å²) in [5.41, 5.74) is 1.19. The van der Waals surface area contributed by atoms with Crippen LogP contribution in [0.15, 0.2) is 22.6 Å². The van der Waals surface area contributed by atoms with Gasteiger partial charge in [-0.2, -0.15) is 0 Å². The van der Waals surface area contributed by atoms with Gasteiger partial charge < -0.3 is 13.9 Å². The van der Waals surface area contributed by atoms with E-state index in [1.54, 1.807) is 13.8 Å². The second kappa shape index (κ2) is 8.04. The van der Waals surface area contributed by atoms with Crippen molar-refractivity contribution in [2.45, 2.75) is 47.0 Å². The Hall–Kier alpha value is -1.97. The number of ether oxygens (including phenoxy) is 2. The number of carbonyl (C=O) groups is 1. The standard InChI is InChI=1S/C17H20O4.C2H6/c1-3-19-17(18)16-11(2)21-15-8-7-13(9-14(15)16)20-10-12-5-4-6-12;1-2/h7-9,12H,3-6,10H2,1-2H3;1-2H3. The second-order valence-electron chi connectivity index (χ2n) is 5.52. The third-order valence-corrected chi connectivity index (χ3v) is 4.03. The van der Waals surface area contributed by atoms with E-state index < -0.39 is 0 Å². The SMILES string of the molecule is CC.CCOC(=O)c1c(C)oc2ccc(OCC3CCC3)cc12. The van der Waals surface area contributed by atoms with E-state index in [2.05, 4.69) is 0 Å². The van der Waals surface area contributed by atoms with Crippen molar-refractivity contribution in [2.75, 3.05) is 13.2 Å². The fraction of sp³-hybridized carbons (Fsp3) is 0.526. The lowest BCUT2D eigenvalue weighted by Crippen LogP contribution is -2.19. The number of carbonyl (C=O) groups excluding carboxylic acids is 1. The predicted molar refractivity (Wildman–Crippen MR) is 91.1 cm³/mol. The smallest absolute Gasteiger partial charge is 0.342 e. The normalized spacial score (nSPS) is 13.9. The maximum Gasteiger partial charge on any atom is 0.342 e. The molecule has 4 heteroatoms. The largest absolute Gasteiger partial charge is 0.493 e. The summed E-state index contributed by atoms with van der Waals surface area (Å²) in [6, 6.07) is 5.61. The number of aryl methyl sites for hydroxylation is 1. The Morgan fingerprint density at radius 3 is 2.65 bits per heavy atom. The van der Waals surface area contributed by atoms with Gasteiger partial charge in [0.2, 0.25) is 0 Å². The Bertz CT molecular complexity index is 653. The Kier molecular flexibility index (Phi) is 6.08. The molecule has 0 saturated heterocycles. The highest BCUT2D eigenvalue weighted by Crippen LogP contribution is 2.31. The van der Waals surface area contributed by atoms with E-state index in [4.69, 9.17) is 13.9 Å². The summed E-state index contributed by atoms with van der Waals surface area (Å²) >= 11 is 0. The van der Waals surface area contributed by atoms with Gasteiger partial charge in [0.05, 0.1) is 13.2 Å². The van der Waals surface area contributed by atoms with Crippen LogP contribution in [0.3, 0.4) is 0 Å². The Labute approximate surface area is 137 Å². The fourth-order valence-electron chi connectivity index (χ4n) is 2.62. The molecule has 126 valence electrons. The molecule has 1 heterocycles. The number of hydrogen-bond acceptors (Lipinski definition) is 4. The summed E-state index contributed by atoms with van der Waals surface area (Å²) in [4.78, 5) is 12.1. The first kappa shape index (κ1) is 17.4. The van der Waals surface area contributed by atoms with Crippen molar-refractivity contribution in [3.05, 3.63) is 29.5 Å². The van der Waals surface area contributed by atoms with Crippen molar-refractivity contribution >= 4 is 16.9 Å². The first-order chi connectivity index (χ1) is 11.2. The minimum absolute atomic E-state index is 0.343. The molecule has 23 heavy (non-hydrogen) atoms. The molecule has 0 unspecified atom stereocenters. The van der Waals surface area contributed by atoms with Crippen LogP contribution in [-0.4, -0.2) is 19.2 Å². The highest BCUT2D eigenvalue weighted by Gasteiger charge is 2.21. The van der Waals surface area contributed by atoms with Crippen LogP contribution < -0.4 is 4.74 Å². The second-order valence-corrected chi connectivity index (χ2v) is 5.52. The molecule has 0 atom stereocenters. The molecule has 1 fully saturated rings. The average Bonchev–Trinajstić information content (AvgIpc) is 2.83. The van der Waals surface area contributed by atoms with Crippen LogP contribution in [-0.2, 0) is 4.74 Å². The van der Waals surface area contributed by atoms with Gasteiger partial charge in [0, 0.05) is 5.39 Å². The summed E-state index contributed by atoms with van der Waals surface area (Å²) in [5, 5.41) is 0.761. The van der Waals surface area contributed by atoms with E-state index in [0.29, 0.717) is 29.4 Å². The summed E-state index contributed by atoms with van der Waals surface area (Å²) in [7, 11) is 0. The quantitative estimate of drug-likeness (QED) is 0.718. The molecule has 0 aliphatic heterocycles. The lowest BCUT2D eigenvalue weighted by molar-refractivity contribution is 0.0526. The molecule has 2 aromatic rings. The summed E-state index contributed by atoms with van der Waals surface area (Å²) < 4.78 is 16.6. The molecular weight excluding hydrogens is 292 g/mol. The number of fused-ring (bicyclic) bond motifs is 1. The zero-order valence-electron chi connectivity index (χ0n) is 14.5. The first-order valence-electron chi connectivity index (χ1n) is 8.52. The minimum Gasteiger partial charge on any atom is -0.493 e. The van der Waals surface area contributed by atoms with Gasteiger partial charge in [-0.3, -0.25) is 0 Å². The highest BCUT2D eigenvalue weighted by molar-refractivity contribution is 6.04. The number of furan rings is 1. The van der Waals surface area contributed by atoms with E-state index in [0.717, 1.165) is 17.7 Å². The number of esters is 1. The van der Waals surface area contributed by atoms with E-state index in [1.165, 1.54) is 19.3 Å². The Morgan fingerprint density at radius 2 is 2.04 bits per heavy atom. The molecule has 1 saturated carbocycles. The Balaban J connectivity index is 0.000000924. The van der Waals surface area contributed by atoms with Gasteiger partial charge in [0.25, 0.3) is 0 Å². The number of benzene rings is 1. The van der Waals surface area contributed by atoms with Gasteiger partial charge in [-0.1, -0.05) is 20.3 Å². The van der Waals surface area contributed by atoms with Gasteiger partial charge in [-0.15, -0.1) is 0 Å². The highest BCUT2D eigenvalue weighted by atomic mass is 16.5. The maximum absolute atomic E-state index is 12.1. The molecule has 0 radical (unpaired) electrons. The summed E-state index contributed by atoms with van der Waals surface area (Å²) in [5.74, 6) is 1.70. The van der Waals surface area contributed by atoms with Crippen LogP contribution in [0.25, 0.3) is 11.0 Å². The van der Waals surface area contributed by atoms with Gasteiger partial charge in [0.1, 0.15) is 22.7 Å². The average molecular weight is 318 g/mol. The van der Waals surface area contributed by atoms with Crippen LogP contribution in [0.5, 0.6) is 5.75 Å². The predicted octanol–water partition coefficient (Wildman–Crippen LogP) is 5.12. The molecule has 0 amide bonds. The molecular formula is C19H26O4. The molecule has 1 aliphatic rings. The van der Waals surface area contributed by atoms with Gasteiger partial charge in [-0.05, 0) is 50.8 Å². The maximum atomic E-state index is 12.1. The van der Waals surface area contributed by atoms with Gasteiger partial charge >= 0.3 is 5.97 Å². The van der Waals surface area contributed by atoms with Crippen molar-refractivity contribution in [3.8, 4) is 5.75 Å². The number of rotatable bonds is 5. The lowest BCUT2D eigenvalue weighted by Gasteiger charge is -2.25. The minimum atomic E-state index is -0.343. The van der Waals surface area contributed by atoms with Crippen LogP contribution in [0.4, 0.5) is 0 Å². The van der Waals surface area contributed by atoms with Gasteiger partial charge in [0.15, 0.2) is 0 Å². The zero-order chi connectivity index (χ0) is 16.8.